The Hall–Kier alpha value is -1.84. The van der Waals surface area contributed by atoms with Crippen molar-refractivity contribution < 1.29 is 24.5 Å². The first-order valence-corrected chi connectivity index (χ1v) is 8.95. The van der Waals surface area contributed by atoms with E-state index in [0.717, 1.165) is 38.5 Å². The van der Waals surface area contributed by atoms with Crippen LogP contribution in [0.3, 0.4) is 0 Å². The zero-order chi connectivity index (χ0) is 18.5. The van der Waals surface area contributed by atoms with Crippen LogP contribution in [0, 0.1) is 11.8 Å². The summed E-state index contributed by atoms with van der Waals surface area (Å²) >= 11 is 0. The van der Waals surface area contributed by atoms with Crippen LogP contribution in [0.1, 0.15) is 51.9 Å². The summed E-state index contributed by atoms with van der Waals surface area (Å²) in [5.41, 5.74) is 0. The van der Waals surface area contributed by atoms with Crippen LogP contribution in [-0.4, -0.2) is 58.9 Å². The number of hydrogen-bond donors (Lipinski definition) is 2. The van der Waals surface area contributed by atoms with Crippen LogP contribution in [0.25, 0.3) is 0 Å². The van der Waals surface area contributed by atoms with Gasteiger partial charge in [0.2, 0.25) is 5.91 Å². The molecule has 2 atom stereocenters. The number of hydrogen-bond acceptors (Lipinski definition) is 4. The molecule has 0 spiro atoms. The van der Waals surface area contributed by atoms with Crippen molar-refractivity contribution in [3.63, 3.8) is 0 Å². The number of aliphatic carboxylic acids is 1. The van der Waals surface area contributed by atoms with Crippen molar-refractivity contribution >= 4 is 11.9 Å². The minimum Gasteiger partial charge on any atom is -0.480 e. The molecule has 1 aliphatic rings. The molecule has 25 heavy (non-hydrogen) atoms. The van der Waals surface area contributed by atoms with Gasteiger partial charge in [0.1, 0.15) is 13.2 Å². The Balaban J connectivity index is 2.48. The standard InChI is InChI=1S/C19H29NO5/c1-2-3-4-9-17(21)12-11-16-8-7-10-18(22)20(16)13-5-6-14-25-15-19(23)24/h11-12,16-17,21H,2-4,7-10,13-15H2,1H3,(H,23,24)/b12-11+/t16-,17?/m1/s1. The van der Waals surface area contributed by atoms with Gasteiger partial charge in [-0.05, 0) is 19.3 Å². The predicted molar refractivity (Wildman–Crippen MR) is 94.9 cm³/mol. The molecule has 0 bridgehead atoms. The average Bonchev–Trinajstić information content (AvgIpc) is 2.57. The Morgan fingerprint density at radius 2 is 2.24 bits per heavy atom. The second-order valence-electron chi connectivity index (χ2n) is 6.17. The fourth-order valence-corrected chi connectivity index (χ4v) is 2.69. The Kier molecular flexibility index (Phi) is 10.6. The molecule has 0 radical (unpaired) electrons. The molecular weight excluding hydrogens is 322 g/mol. The van der Waals surface area contributed by atoms with Gasteiger partial charge in [-0.3, -0.25) is 4.79 Å². The molecule has 6 nitrogen and oxygen atoms in total. The van der Waals surface area contributed by atoms with E-state index in [-0.39, 0.29) is 31.7 Å². The molecule has 1 saturated heterocycles. The molecule has 0 aromatic rings. The zero-order valence-corrected chi connectivity index (χ0v) is 14.9. The number of carbonyl (C=O) groups is 2. The molecule has 2 N–H and O–H groups in total. The largest absolute Gasteiger partial charge is 0.480 e. The second-order valence-corrected chi connectivity index (χ2v) is 6.17. The molecule has 0 aromatic heterocycles. The first kappa shape index (κ1) is 21.2. The Bertz CT molecular complexity index is 506. The van der Waals surface area contributed by atoms with Crippen molar-refractivity contribution in [3.05, 3.63) is 12.2 Å². The van der Waals surface area contributed by atoms with Crippen molar-refractivity contribution in [1.29, 1.82) is 0 Å². The van der Waals surface area contributed by atoms with Crippen LogP contribution in [0.4, 0.5) is 0 Å². The van der Waals surface area contributed by atoms with Crippen LogP contribution in [0.15, 0.2) is 12.2 Å². The summed E-state index contributed by atoms with van der Waals surface area (Å²) in [5.74, 6) is 4.61. The molecule has 6 heteroatoms. The fourth-order valence-electron chi connectivity index (χ4n) is 2.69. The molecule has 1 aliphatic heterocycles. The van der Waals surface area contributed by atoms with Gasteiger partial charge >= 0.3 is 5.97 Å². The van der Waals surface area contributed by atoms with Gasteiger partial charge in [-0.25, -0.2) is 4.79 Å². The molecule has 1 heterocycles. The lowest BCUT2D eigenvalue weighted by atomic mass is 10.00. The van der Waals surface area contributed by atoms with E-state index < -0.39 is 12.1 Å². The molecule has 0 saturated carbocycles. The Morgan fingerprint density at radius 1 is 1.44 bits per heavy atom. The minimum atomic E-state index is -1.03. The quantitative estimate of drug-likeness (QED) is 0.357. The van der Waals surface area contributed by atoms with E-state index >= 15 is 0 Å². The number of amides is 1. The number of carboxylic acids is 1. The maximum atomic E-state index is 12.1. The fraction of sp³-hybridized carbons (Fsp3) is 0.684. The number of carbonyl (C=O) groups excluding carboxylic acids is 1. The zero-order valence-electron chi connectivity index (χ0n) is 14.9. The van der Waals surface area contributed by atoms with Gasteiger partial charge in [-0.1, -0.05) is 50.2 Å². The molecule has 1 unspecified atom stereocenters. The number of ether oxygens (including phenoxy) is 1. The van der Waals surface area contributed by atoms with E-state index in [2.05, 4.69) is 18.8 Å². The SMILES string of the molecule is CCCCCC(O)/C=C/[C@H]1CCCC(=O)N1CC#CCOCC(=O)O. The molecule has 1 amide bonds. The first-order valence-electron chi connectivity index (χ1n) is 8.95. The normalized spacial score (nSPS) is 18.9. The van der Waals surface area contributed by atoms with Gasteiger partial charge in [-0.15, -0.1) is 0 Å². The number of unbranched alkanes of at least 4 members (excludes halogenated alkanes) is 2. The molecule has 140 valence electrons. The van der Waals surface area contributed by atoms with E-state index in [4.69, 9.17) is 9.84 Å². The lowest BCUT2D eigenvalue weighted by Gasteiger charge is -2.32. The second kappa shape index (κ2) is 12.5. The molecule has 1 rings (SSSR count). The maximum absolute atomic E-state index is 12.1. The highest BCUT2D eigenvalue weighted by Gasteiger charge is 2.25. The summed E-state index contributed by atoms with van der Waals surface area (Å²) in [6.45, 7) is 2.07. The number of likely N-dealkylation sites (tertiary alicyclic amines) is 1. The predicted octanol–water partition coefficient (Wildman–Crippen LogP) is 1.97. The van der Waals surface area contributed by atoms with Crippen molar-refractivity contribution in [1.82, 2.24) is 4.90 Å². The van der Waals surface area contributed by atoms with Crippen LogP contribution >= 0.6 is 0 Å². The van der Waals surface area contributed by atoms with Gasteiger partial charge in [0.25, 0.3) is 0 Å². The Morgan fingerprint density at radius 3 is 2.96 bits per heavy atom. The summed E-state index contributed by atoms with van der Waals surface area (Å²) < 4.78 is 4.84. The third-order valence-electron chi connectivity index (χ3n) is 4.04. The van der Waals surface area contributed by atoms with E-state index in [0.29, 0.717) is 6.42 Å². The van der Waals surface area contributed by atoms with Crippen LogP contribution in [-0.2, 0) is 14.3 Å². The van der Waals surface area contributed by atoms with Crippen molar-refractivity contribution in [3.8, 4) is 11.8 Å². The molecule has 0 aliphatic carbocycles. The average molecular weight is 351 g/mol. The van der Waals surface area contributed by atoms with Gasteiger partial charge in [0.15, 0.2) is 0 Å². The molecular formula is C19H29NO5. The number of carboxylic acid groups (broad SMARTS) is 1. The van der Waals surface area contributed by atoms with E-state index in [1.165, 1.54) is 0 Å². The van der Waals surface area contributed by atoms with E-state index in [9.17, 15) is 14.7 Å². The number of rotatable bonds is 10. The highest BCUT2D eigenvalue weighted by Crippen LogP contribution is 2.19. The highest BCUT2D eigenvalue weighted by molar-refractivity contribution is 5.77. The summed E-state index contributed by atoms with van der Waals surface area (Å²) in [4.78, 5) is 24.2. The lowest BCUT2D eigenvalue weighted by Crippen LogP contribution is -2.42. The monoisotopic (exact) mass is 351 g/mol. The van der Waals surface area contributed by atoms with Crippen molar-refractivity contribution in [2.45, 2.75) is 64.0 Å². The third kappa shape index (κ3) is 9.28. The van der Waals surface area contributed by atoms with Gasteiger partial charge < -0.3 is 19.8 Å². The summed E-state index contributed by atoms with van der Waals surface area (Å²) in [6.07, 6.45) is 9.41. The van der Waals surface area contributed by atoms with Crippen molar-refractivity contribution in [2.24, 2.45) is 0 Å². The summed E-state index contributed by atoms with van der Waals surface area (Å²) in [6, 6.07) is -0.0451. The van der Waals surface area contributed by atoms with Gasteiger partial charge in [0, 0.05) is 6.42 Å². The summed E-state index contributed by atoms with van der Waals surface area (Å²) in [7, 11) is 0. The third-order valence-corrected chi connectivity index (χ3v) is 4.04. The lowest BCUT2D eigenvalue weighted by molar-refractivity contribution is -0.141. The Labute approximate surface area is 149 Å². The summed E-state index contributed by atoms with van der Waals surface area (Å²) in [5, 5.41) is 18.5. The van der Waals surface area contributed by atoms with Crippen molar-refractivity contribution in [2.75, 3.05) is 19.8 Å². The van der Waals surface area contributed by atoms with E-state index in [1.807, 2.05) is 6.08 Å². The topological polar surface area (TPSA) is 87.1 Å². The minimum absolute atomic E-state index is 0.0327. The smallest absolute Gasteiger partial charge is 0.329 e. The van der Waals surface area contributed by atoms with Gasteiger partial charge in [-0.2, -0.15) is 0 Å². The number of piperidine rings is 1. The van der Waals surface area contributed by atoms with Crippen LogP contribution in [0.5, 0.6) is 0 Å². The number of nitrogens with zero attached hydrogens (tertiary/aromatic N) is 1. The highest BCUT2D eigenvalue weighted by atomic mass is 16.5. The molecule has 0 aromatic carbocycles. The van der Waals surface area contributed by atoms with Crippen LogP contribution < -0.4 is 0 Å². The number of aliphatic hydroxyl groups excluding tert-OH is 1. The van der Waals surface area contributed by atoms with E-state index in [1.54, 1.807) is 11.0 Å². The first-order chi connectivity index (χ1) is 12.0. The maximum Gasteiger partial charge on any atom is 0.329 e. The molecule has 1 fully saturated rings. The van der Waals surface area contributed by atoms with Crippen LogP contribution in [0.2, 0.25) is 0 Å². The number of aliphatic hydroxyl groups is 1. The van der Waals surface area contributed by atoms with Gasteiger partial charge in [0.05, 0.1) is 18.7 Å².